The van der Waals surface area contributed by atoms with Crippen LogP contribution in [0, 0.1) is 0 Å². The Labute approximate surface area is 115 Å². The third-order valence-corrected chi connectivity index (χ3v) is 2.05. The van der Waals surface area contributed by atoms with E-state index in [2.05, 4.69) is 20.0 Å². The van der Waals surface area contributed by atoms with Crippen LogP contribution in [0.25, 0.3) is 0 Å². The third kappa shape index (κ3) is 6.81. The number of nitrogens with one attached hydrogen (secondary N) is 1. The molecular weight excluding hydrogens is 273 g/mol. The molecule has 5 nitrogen and oxygen atoms in total. The van der Waals surface area contributed by atoms with Gasteiger partial charge < -0.3 is 15.8 Å². The van der Waals surface area contributed by atoms with E-state index in [1.54, 1.807) is 6.07 Å². The fourth-order valence-electron chi connectivity index (χ4n) is 1.26. The highest BCUT2D eigenvalue weighted by molar-refractivity contribution is 5.78. The normalized spacial score (nSPS) is 12.6. The van der Waals surface area contributed by atoms with Gasteiger partial charge in [0.1, 0.15) is 0 Å². The largest absolute Gasteiger partial charge is 0.468 e. The Hall–Kier alpha value is -1.99. The number of nitrogens with zero attached hydrogens (tertiary/aromatic N) is 2. The predicted octanol–water partition coefficient (Wildman–Crippen LogP) is 1.84. The Morgan fingerprint density at radius 1 is 1.45 bits per heavy atom. The van der Waals surface area contributed by atoms with Gasteiger partial charge in [-0.1, -0.05) is 6.07 Å². The summed E-state index contributed by atoms with van der Waals surface area (Å²) in [5, 5.41) is 2.92. The Morgan fingerprint density at radius 2 is 2.15 bits per heavy atom. The fourth-order valence-corrected chi connectivity index (χ4v) is 1.26. The standard InChI is InChI=1S/C12H17F3N4O/c1-8(2)19-11(16)18-6-9-3-4-10(17-5-9)20-7-12(13,14)15/h3-5,8H,6-7H2,1-2H3,(H3,16,18,19). The number of aliphatic imine (C=N–C) groups is 1. The molecule has 0 aliphatic carbocycles. The van der Waals surface area contributed by atoms with Crippen molar-refractivity contribution in [1.82, 2.24) is 10.3 Å². The number of hydrogen-bond donors (Lipinski definition) is 2. The fraction of sp³-hybridized carbons (Fsp3) is 0.500. The maximum absolute atomic E-state index is 11.9. The zero-order chi connectivity index (χ0) is 15.2. The Kier molecular flexibility index (Phi) is 5.60. The summed E-state index contributed by atoms with van der Waals surface area (Å²) in [7, 11) is 0. The van der Waals surface area contributed by atoms with Crippen LogP contribution in [-0.2, 0) is 6.54 Å². The van der Waals surface area contributed by atoms with Gasteiger partial charge in [-0.2, -0.15) is 13.2 Å². The summed E-state index contributed by atoms with van der Waals surface area (Å²) in [6, 6.07) is 3.13. The van der Waals surface area contributed by atoms with E-state index in [0.29, 0.717) is 5.96 Å². The van der Waals surface area contributed by atoms with Gasteiger partial charge in [-0.15, -0.1) is 0 Å². The van der Waals surface area contributed by atoms with Crippen LogP contribution < -0.4 is 15.8 Å². The monoisotopic (exact) mass is 290 g/mol. The number of aromatic nitrogens is 1. The molecule has 0 aromatic carbocycles. The van der Waals surface area contributed by atoms with Crippen LogP contribution in [0.4, 0.5) is 13.2 Å². The van der Waals surface area contributed by atoms with E-state index < -0.39 is 12.8 Å². The van der Waals surface area contributed by atoms with Gasteiger partial charge in [0.15, 0.2) is 12.6 Å². The molecule has 0 aliphatic rings. The maximum Gasteiger partial charge on any atom is 0.422 e. The lowest BCUT2D eigenvalue weighted by atomic mass is 10.3. The molecule has 0 saturated heterocycles. The summed E-state index contributed by atoms with van der Waals surface area (Å²) in [5.41, 5.74) is 6.34. The summed E-state index contributed by atoms with van der Waals surface area (Å²) < 4.78 is 40.3. The molecule has 0 fully saturated rings. The molecule has 3 N–H and O–H groups in total. The first-order valence-corrected chi connectivity index (χ1v) is 5.97. The minimum atomic E-state index is -4.37. The van der Waals surface area contributed by atoms with Crippen molar-refractivity contribution in [2.75, 3.05) is 6.61 Å². The molecule has 20 heavy (non-hydrogen) atoms. The first-order valence-electron chi connectivity index (χ1n) is 5.97. The van der Waals surface area contributed by atoms with Crippen molar-refractivity contribution in [3.63, 3.8) is 0 Å². The van der Waals surface area contributed by atoms with E-state index in [1.165, 1.54) is 12.3 Å². The van der Waals surface area contributed by atoms with E-state index in [1.807, 2.05) is 13.8 Å². The van der Waals surface area contributed by atoms with E-state index in [4.69, 9.17) is 5.73 Å². The summed E-state index contributed by atoms with van der Waals surface area (Å²) in [5.74, 6) is 0.223. The quantitative estimate of drug-likeness (QED) is 0.641. The topological polar surface area (TPSA) is 72.5 Å². The minimum Gasteiger partial charge on any atom is -0.468 e. The van der Waals surface area contributed by atoms with Crippen molar-refractivity contribution in [3.05, 3.63) is 23.9 Å². The molecule has 1 aromatic heterocycles. The summed E-state index contributed by atoms with van der Waals surface area (Å²) in [4.78, 5) is 7.84. The minimum absolute atomic E-state index is 0.0802. The van der Waals surface area contributed by atoms with Crippen LogP contribution in [0.1, 0.15) is 19.4 Å². The van der Waals surface area contributed by atoms with E-state index in [0.717, 1.165) is 5.56 Å². The average molecular weight is 290 g/mol. The van der Waals surface area contributed by atoms with Gasteiger partial charge in [-0.05, 0) is 19.4 Å². The number of halogens is 3. The lowest BCUT2D eigenvalue weighted by Crippen LogP contribution is -2.36. The van der Waals surface area contributed by atoms with Crippen LogP contribution in [0.15, 0.2) is 23.3 Å². The first kappa shape index (κ1) is 16.1. The van der Waals surface area contributed by atoms with Crippen molar-refractivity contribution in [2.45, 2.75) is 32.6 Å². The molecule has 0 spiro atoms. The van der Waals surface area contributed by atoms with Crippen LogP contribution in [0.5, 0.6) is 5.88 Å². The van der Waals surface area contributed by atoms with Crippen molar-refractivity contribution >= 4 is 5.96 Å². The maximum atomic E-state index is 11.9. The molecule has 1 heterocycles. The van der Waals surface area contributed by atoms with Crippen LogP contribution in [0.3, 0.4) is 0 Å². The molecule has 8 heteroatoms. The molecule has 0 bridgehead atoms. The molecule has 0 radical (unpaired) electrons. The Bertz CT molecular complexity index is 443. The van der Waals surface area contributed by atoms with Crippen molar-refractivity contribution in [2.24, 2.45) is 10.7 Å². The number of guanidine groups is 1. The highest BCUT2D eigenvalue weighted by Gasteiger charge is 2.28. The van der Waals surface area contributed by atoms with E-state index in [9.17, 15) is 13.2 Å². The van der Waals surface area contributed by atoms with Gasteiger partial charge in [-0.25, -0.2) is 9.98 Å². The highest BCUT2D eigenvalue weighted by Crippen LogP contribution is 2.17. The molecule has 0 aliphatic heterocycles. The second kappa shape index (κ2) is 6.97. The van der Waals surface area contributed by atoms with Gasteiger partial charge >= 0.3 is 6.18 Å². The zero-order valence-corrected chi connectivity index (χ0v) is 11.2. The summed E-state index contributed by atoms with van der Waals surface area (Å²) in [6.45, 7) is 2.79. The second-order valence-electron chi connectivity index (χ2n) is 4.41. The second-order valence-corrected chi connectivity index (χ2v) is 4.41. The molecule has 0 unspecified atom stereocenters. The van der Waals surface area contributed by atoms with Crippen molar-refractivity contribution < 1.29 is 17.9 Å². The number of nitrogens with two attached hydrogens (primary N) is 1. The molecule has 1 aromatic rings. The van der Waals surface area contributed by atoms with Gasteiger partial charge in [0.2, 0.25) is 5.88 Å². The highest BCUT2D eigenvalue weighted by atomic mass is 19.4. The van der Waals surface area contributed by atoms with E-state index >= 15 is 0 Å². The van der Waals surface area contributed by atoms with Crippen LogP contribution >= 0.6 is 0 Å². The summed E-state index contributed by atoms with van der Waals surface area (Å²) >= 11 is 0. The van der Waals surface area contributed by atoms with Crippen molar-refractivity contribution in [1.29, 1.82) is 0 Å². The SMILES string of the molecule is CC(C)NC(N)=NCc1ccc(OCC(F)(F)F)nc1. The predicted molar refractivity (Wildman–Crippen MR) is 69.4 cm³/mol. The van der Waals surface area contributed by atoms with Gasteiger partial charge in [0, 0.05) is 18.3 Å². The summed E-state index contributed by atoms with van der Waals surface area (Å²) in [6.07, 6.45) is -2.97. The van der Waals surface area contributed by atoms with Gasteiger partial charge in [-0.3, -0.25) is 0 Å². The van der Waals surface area contributed by atoms with E-state index in [-0.39, 0.29) is 18.5 Å². The number of pyridine rings is 1. The third-order valence-electron chi connectivity index (χ3n) is 2.05. The van der Waals surface area contributed by atoms with Gasteiger partial charge in [0.05, 0.1) is 6.54 Å². The zero-order valence-electron chi connectivity index (χ0n) is 11.2. The Morgan fingerprint density at radius 3 is 2.65 bits per heavy atom. The lowest BCUT2D eigenvalue weighted by Gasteiger charge is -2.09. The molecule has 112 valence electrons. The molecule has 0 saturated carbocycles. The number of hydrogen-bond acceptors (Lipinski definition) is 3. The number of alkyl halides is 3. The first-order chi connectivity index (χ1) is 9.26. The van der Waals surface area contributed by atoms with Crippen LogP contribution in [-0.4, -0.2) is 29.8 Å². The smallest absolute Gasteiger partial charge is 0.422 e. The average Bonchev–Trinajstić information content (AvgIpc) is 2.33. The molecule has 0 atom stereocenters. The van der Waals surface area contributed by atoms with Crippen LogP contribution in [0.2, 0.25) is 0 Å². The molecule has 0 amide bonds. The number of ether oxygens (including phenoxy) is 1. The molecule has 1 rings (SSSR count). The van der Waals surface area contributed by atoms with Gasteiger partial charge in [0.25, 0.3) is 0 Å². The Balaban J connectivity index is 2.50. The molecular formula is C12H17F3N4O. The lowest BCUT2D eigenvalue weighted by molar-refractivity contribution is -0.154. The number of rotatable bonds is 5. The van der Waals surface area contributed by atoms with Crippen molar-refractivity contribution in [3.8, 4) is 5.88 Å².